The summed E-state index contributed by atoms with van der Waals surface area (Å²) in [6, 6.07) is 7.48. The molecule has 0 atom stereocenters. The van der Waals surface area contributed by atoms with Crippen molar-refractivity contribution in [2.45, 2.75) is 16.0 Å². The van der Waals surface area contributed by atoms with Crippen LogP contribution >= 0.6 is 0 Å². The SMILES string of the molecule is NS(=O)(=O)c1ccc(NS(=O)(=O)c2ccc(C(F)(F)F)cc2)cc1. The molecule has 0 bridgehead atoms. The standard InChI is InChI=1S/C13H11F3N2O4S2/c14-13(15,16)9-1-5-12(6-2-9)24(21,22)18-10-3-7-11(8-4-10)23(17,19)20/h1-8,18H,(H2,17,19,20). The molecule has 0 radical (unpaired) electrons. The molecular formula is C13H11F3N2O4S2. The van der Waals surface area contributed by atoms with Gasteiger partial charge >= 0.3 is 6.18 Å². The minimum Gasteiger partial charge on any atom is -0.280 e. The molecule has 11 heteroatoms. The predicted molar refractivity (Wildman–Crippen MR) is 80.1 cm³/mol. The normalized spacial score (nSPS) is 12.8. The molecule has 0 saturated heterocycles. The number of rotatable bonds is 4. The quantitative estimate of drug-likeness (QED) is 0.848. The number of hydrogen-bond acceptors (Lipinski definition) is 4. The summed E-state index contributed by atoms with van der Waals surface area (Å²) in [5, 5.41) is 4.92. The molecule has 0 fully saturated rings. The Morgan fingerprint density at radius 2 is 1.25 bits per heavy atom. The van der Waals surface area contributed by atoms with Crippen LogP contribution in [-0.4, -0.2) is 16.8 Å². The van der Waals surface area contributed by atoms with Gasteiger partial charge in [0.15, 0.2) is 0 Å². The highest BCUT2D eigenvalue weighted by Gasteiger charge is 2.30. The Hall–Kier alpha value is -2.11. The molecule has 0 aliphatic rings. The molecule has 6 nitrogen and oxygen atoms in total. The van der Waals surface area contributed by atoms with Gasteiger partial charge in [0.1, 0.15) is 0 Å². The van der Waals surface area contributed by atoms with Crippen LogP contribution in [0.5, 0.6) is 0 Å². The van der Waals surface area contributed by atoms with Crippen molar-refractivity contribution in [1.29, 1.82) is 0 Å². The topological polar surface area (TPSA) is 106 Å². The van der Waals surface area contributed by atoms with Gasteiger partial charge in [-0.15, -0.1) is 0 Å². The number of nitrogens with one attached hydrogen (secondary N) is 1. The number of anilines is 1. The minimum absolute atomic E-state index is 0.0299. The third kappa shape index (κ3) is 4.24. The lowest BCUT2D eigenvalue weighted by atomic mass is 10.2. The molecule has 2 rings (SSSR count). The Morgan fingerprint density at radius 3 is 1.67 bits per heavy atom. The van der Waals surface area contributed by atoms with Crippen molar-refractivity contribution in [2.75, 3.05) is 4.72 Å². The molecule has 0 aromatic heterocycles. The van der Waals surface area contributed by atoms with E-state index in [9.17, 15) is 30.0 Å². The number of sulfonamides is 2. The maximum Gasteiger partial charge on any atom is 0.416 e. The van der Waals surface area contributed by atoms with Crippen molar-refractivity contribution >= 4 is 25.7 Å². The molecule has 0 saturated carbocycles. The second-order valence-corrected chi connectivity index (χ2v) is 7.94. The van der Waals surface area contributed by atoms with Crippen LogP contribution in [0.15, 0.2) is 58.3 Å². The summed E-state index contributed by atoms with van der Waals surface area (Å²) in [6.45, 7) is 0. The van der Waals surface area contributed by atoms with Crippen LogP contribution in [0.4, 0.5) is 18.9 Å². The second-order valence-electron chi connectivity index (χ2n) is 4.70. The molecule has 0 heterocycles. The Labute approximate surface area is 136 Å². The van der Waals surface area contributed by atoms with E-state index < -0.39 is 31.8 Å². The van der Waals surface area contributed by atoms with Gasteiger partial charge in [0.05, 0.1) is 15.4 Å². The monoisotopic (exact) mass is 380 g/mol. The molecule has 0 aliphatic heterocycles. The maximum absolute atomic E-state index is 12.5. The number of alkyl halides is 3. The molecule has 130 valence electrons. The molecule has 0 unspecified atom stereocenters. The number of nitrogens with two attached hydrogens (primary N) is 1. The van der Waals surface area contributed by atoms with E-state index in [1.54, 1.807) is 0 Å². The summed E-state index contributed by atoms with van der Waals surface area (Å²) in [4.78, 5) is -0.578. The Bertz CT molecular complexity index is 936. The van der Waals surface area contributed by atoms with Crippen LogP contribution in [0.3, 0.4) is 0 Å². The van der Waals surface area contributed by atoms with E-state index >= 15 is 0 Å². The van der Waals surface area contributed by atoms with E-state index in [1.165, 1.54) is 12.1 Å². The van der Waals surface area contributed by atoms with Gasteiger partial charge in [0.25, 0.3) is 10.0 Å². The van der Waals surface area contributed by atoms with E-state index in [0.29, 0.717) is 12.1 Å². The van der Waals surface area contributed by atoms with Crippen LogP contribution in [0.1, 0.15) is 5.56 Å². The van der Waals surface area contributed by atoms with Crippen LogP contribution < -0.4 is 9.86 Å². The summed E-state index contributed by atoms with van der Waals surface area (Å²) >= 11 is 0. The lowest BCUT2D eigenvalue weighted by Crippen LogP contribution is -2.14. The fraction of sp³-hybridized carbons (Fsp3) is 0.0769. The number of hydrogen-bond donors (Lipinski definition) is 2. The van der Waals surface area contributed by atoms with E-state index in [2.05, 4.69) is 4.72 Å². The third-order valence-electron chi connectivity index (χ3n) is 2.93. The molecular weight excluding hydrogens is 369 g/mol. The lowest BCUT2D eigenvalue weighted by Gasteiger charge is -2.10. The van der Waals surface area contributed by atoms with Crippen molar-refractivity contribution in [1.82, 2.24) is 0 Å². The molecule has 2 aromatic carbocycles. The van der Waals surface area contributed by atoms with Crippen molar-refractivity contribution in [3.63, 3.8) is 0 Å². The molecule has 2 aromatic rings. The van der Waals surface area contributed by atoms with Gasteiger partial charge in [-0.3, -0.25) is 4.72 Å². The van der Waals surface area contributed by atoms with Crippen molar-refractivity contribution in [3.05, 3.63) is 54.1 Å². The van der Waals surface area contributed by atoms with Crippen LogP contribution in [0.25, 0.3) is 0 Å². The van der Waals surface area contributed by atoms with Crippen LogP contribution in [-0.2, 0) is 26.2 Å². The van der Waals surface area contributed by atoms with Crippen molar-refractivity contribution in [3.8, 4) is 0 Å². The summed E-state index contributed by atoms with van der Waals surface area (Å²) in [5.41, 5.74) is -0.943. The van der Waals surface area contributed by atoms with E-state index in [0.717, 1.165) is 24.3 Å². The number of halogens is 3. The van der Waals surface area contributed by atoms with Gasteiger partial charge in [-0.25, -0.2) is 22.0 Å². The Kier molecular flexibility index (Phi) is 4.61. The first-order valence-electron chi connectivity index (χ1n) is 6.22. The fourth-order valence-corrected chi connectivity index (χ4v) is 3.32. The average molecular weight is 380 g/mol. The average Bonchev–Trinajstić information content (AvgIpc) is 2.46. The molecule has 0 aliphatic carbocycles. The highest BCUT2D eigenvalue weighted by atomic mass is 32.2. The van der Waals surface area contributed by atoms with Gasteiger partial charge in [0, 0.05) is 5.69 Å². The molecule has 0 amide bonds. The van der Waals surface area contributed by atoms with E-state index in [4.69, 9.17) is 5.14 Å². The molecule has 24 heavy (non-hydrogen) atoms. The zero-order valence-electron chi connectivity index (χ0n) is 11.8. The first kappa shape index (κ1) is 18.2. The summed E-state index contributed by atoms with van der Waals surface area (Å²) < 4.78 is 86.0. The molecule has 0 spiro atoms. The van der Waals surface area contributed by atoms with Gasteiger partial charge in [0.2, 0.25) is 10.0 Å². The second kappa shape index (κ2) is 6.07. The third-order valence-corrected chi connectivity index (χ3v) is 5.25. The van der Waals surface area contributed by atoms with Gasteiger partial charge in [-0.05, 0) is 48.5 Å². The minimum atomic E-state index is -4.57. The lowest BCUT2D eigenvalue weighted by molar-refractivity contribution is -0.137. The van der Waals surface area contributed by atoms with Crippen LogP contribution in [0.2, 0.25) is 0 Å². The Balaban J connectivity index is 2.25. The zero-order valence-corrected chi connectivity index (χ0v) is 13.4. The largest absolute Gasteiger partial charge is 0.416 e. The van der Waals surface area contributed by atoms with Crippen LogP contribution in [0, 0.1) is 0 Å². The van der Waals surface area contributed by atoms with Gasteiger partial charge in [-0.2, -0.15) is 13.2 Å². The predicted octanol–water partition coefficient (Wildman–Crippen LogP) is 2.15. The van der Waals surface area contributed by atoms with Gasteiger partial charge in [-0.1, -0.05) is 0 Å². The van der Waals surface area contributed by atoms with Crippen molar-refractivity contribution in [2.24, 2.45) is 5.14 Å². The maximum atomic E-state index is 12.5. The zero-order chi connectivity index (χ0) is 18.2. The fourth-order valence-electron chi connectivity index (χ4n) is 1.75. The highest BCUT2D eigenvalue weighted by molar-refractivity contribution is 7.92. The molecule has 3 N–H and O–H groups in total. The Morgan fingerprint density at radius 1 is 0.792 bits per heavy atom. The number of primary sulfonamides is 1. The van der Waals surface area contributed by atoms with Crippen molar-refractivity contribution < 1.29 is 30.0 Å². The first-order valence-corrected chi connectivity index (χ1v) is 9.25. The smallest absolute Gasteiger partial charge is 0.280 e. The highest BCUT2D eigenvalue weighted by Crippen LogP contribution is 2.30. The summed E-state index contributed by atoms with van der Waals surface area (Å²) in [5.74, 6) is 0. The first-order chi connectivity index (χ1) is 10.9. The summed E-state index contributed by atoms with van der Waals surface area (Å²) in [6.07, 6.45) is -4.57. The number of benzene rings is 2. The summed E-state index contributed by atoms with van der Waals surface area (Å²) in [7, 11) is -8.04. The van der Waals surface area contributed by atoms with E-state index in [-0.39, 0.29) is 15.5 Å². The van der Waals surface area contributed by atoms with Gasteiger partial charge < -0.3 is 0 Å². The van der Waals surface area contributed by atoms with E-state index in [1.807, 2.05) is 0 Å².